The summed E-state index contributed by atoms with van der Waals surface area (Å²) >= 11 is 0. The smallest absolute Gasteiger partial charge is 0.266 e. The van der Waals surface area contributed by atoms with Gasteiger partial charge >= 0.3 is 0 Å². The van der Waals surface area contributed by atoms with Crippen LogP contribution in [0.2, 0.25) is 0 Å². The van der Waals surface area contributed by atoms with Crippen LogP contribution in [0.3, 0.4) is 0 Å². The van der Waals surface area contributed by atoms with Gasteiger partial charge in [0.25, 0.3) is 11.1 Å². The molecule has 1 aromatic heterocycles. The molecule has 1 heterocycles. The van der Waals surface area contributed by atoms with Crippen molar-refractivity contribution in [1.29, 1.82) is 0 Å². The van der Waals surface area contributed by atoms with E-state index in [2.05, 4.69) is 97.1 Å². The van der Waals surface area contributed by atoms with Gasteiger partial charge in [-0.05, 0) is 120 Å². The van der Waals surface area contributed by atoms with E-state index in [9.17, 15) is 9.59 Å². The van der Waals surface area contributed by atoms with Gasteiger partial charge in [-0.3, -0.25) is 9.59 Å². The Bertz CT molecular complexity index is 2760. The zero-order valence-electron chi connectivity index (χ0n) is 25.7. The third kappa shape index (κ3) is 3.02. The van der Waals surface area contributed by atoms with Crippen molar-refractivity contribution in [2.75, 3.05) is 0 Å². The first-order chi connectivity index (χ1) is 22.4. The van der Waals surface area contributed by atoms with E-state index in [-0.39, 0.29) is 11.1 Å². The molecule has 9 aromatic carbocycles. The average Bonchev–Trinajstić information content (AvgIpc) is 3.56. The fourth-order valence-corrected chi connectivity index (χ4v) is 8.63. The van der Waals surface area contributed by atoms with Gasteiger partial charge in [0.15, 0.2) is 0 Å². The minimum absolute atomic E-state index is 0.250. The third-order valence-corrected chi connectivity index (χ3v) is 10.3. The zero-order chi connectivity index (χ0) is 31.0. The molecule has 216 valence electrons. The van der Waals surface area contributed by atoms with Crippen molar-refractivity contribution < 1.29 is 0 Å². The predicted octanol–water partition coefficient (Wildman–Crippen LogP) is 10.1. The molecular formula is C43H27NO2. The summed E-state index contributed by atoms with van der Waals surface area (Å²) in [5.41, 5.74) is 7.45. The van der Waals surface area contributed by atoms with Crippen LogP contribution in [-0.4, -0.2) is 4.57 Å². The summed E-state index contributed by atoms with van der Waals surface area (Å²) < 4.78 is 1.44. The van der Waals surface area contributed by atoms with E-state index >= 15 is 0 Å². The number of aromatic nitrogens is 1. The number of benzene rings is 8. The Morgan fingerprint density at radius 1 is 0.435 bits per heavy atom. The minimum Gasteiger partial charge on any atom is -0.268 e. The molecule has 0 aliphatic rings. The van der Waals surface area contributed by atoms with Crippen LogP contribution >= 0.6 is 0 Å². The Hall–Kier alpha value is -5.80. The number of fused-ring (bicyclic) bond motifs is 3. The Labute approximate surface area is 263 Å². The van der Waals surface area contributed by atoms with Crippen molar-refractivity contribution in [2.45, 2.75) is 20.8 Å². The first-order valence-corrected chi connectivity index (χ1v) is 15.8. The maximum Gasteiger partial charge on any atom is 0.266 e. The summed E-state index contributed by atoms with van der Waals surface area (Å²) in [5.74, 6) is 0. The maximum atomic E-state index is 14.8. The lowest BCUT2D eigenvalue weighted by Gasteiger charge is -2.12. The van der Waals surface area contributed by atoms with Gasteiger partial charge in [-0.25, -0.2) is 4.57 Å². The molecule has 0 saturated carbocycles. The third-order valence-electron chi connectivity index (χ3n) is 10.3. The van der Waals surface area contributed by atoms with Crippen LogP contribution in [0, 0.1) is 20.8 Å². The van der Waals surface area contributed by atoms with E-state index < -0.39 is 0 Å². The molecule has 0 radical (unpaired) electrons. The number of hydrogen-bond acceptors (Lipinski definition) is 2. The van der Waals surface area contributed by atoms with Crippen LogP contribution in [0.1, 0.15) is 16.7 Å². The topological polar surface area (TPSA) is 39.1 Å². The summed E-state index contributed by atoms with van der Waals surface area (Å²) in [6.45, 7) is 6.02. The lowest BCUT2D eigenvalue weighted by Crippen LogP contribution is -2.25. The van der Waals surface area contributed by atoms with Gasteiger partial charge in [0.1, 0.15) is 0 Å². The van der Waals surface area contributed by atoms with Crippen molar-refractivity contribution in [3.05, 3.63) is 147 Å². The van der Waals surface area contributed by atoms with E-state index in [4.69, 9.17) is 0 Å². The number of aryl methyl sites for hydroxylation is 3. The summed E-state index contributed by atoms with van der Waals surface area (Å²) in [7, 11) is 0. The van der Waals surface area contributed by atoms with Crippen LogP contribution < -0.4 is 11.1 Å². The Balaban J connectivity index is 1.53. The highest BCUT2D eigenvalue weighted by Gasteiger charge is 2.30. The molecular weight excluding hydrogens is 562 g/mol. The monoisotopic (exact) mass is 589 g/mol. The second-order valence-electron chi connectivity index (χ2n) is 12.9. The molecule has 46 heavy (non-hydrogen) atoms. The predicted molar refractivity (Wildman–Crippen MR) is 193 cm³/mol. The Morgan fingerprint density at radius 3 is 1.33 bits per heavy atom. The lowest BCUT2D eigenvalue weighted by atomic mass is 9.89. The molecule has 0 saturated heterocycles. The van der Waals surface area contributed by atoms with Gasteiger partial charge in [0.2, 0.25) is 0 Å². The molecule has 3 heteroatoms. The van der Waals surface area contributed by atoms with Crippen molar-refractivity contribution in [3.63, 3.8) is 0 Å². The Kier molecular flexibility index (Phi) is 4.81. The molecule has 10 rings (SSSR count). The van der Waals surface area contributed by atoms with Crippen LogP contribution in [-0.2, 0) is 0 Å². The van der Waals surface area contributed by atoms with E-state index in [0.717, 1.165) is 71.3 Å². The average molecular weight is 590 g/mol. The largest absolute Gasteiger partial charge is 0.268 e. The highest BCUT2D eigenvalue weighted by Crippen LogP contribution is 2.53. The SMILES string of the molecule is Cc1cc(C)c(-n2c(=O)c3c4cc(-c5ccccc5)c5ccc6ccc7c(-c8ccccc8)cc(c3c2=O)c2c7c6c5c42)c(C)c1. The summed E-state index contributed by atoms with van der Waals surface area (Å²) in [4.78, 5) is 29.7. The van der Waals surface area contributed by atoms with Crippen molar-refractivity contribution >= 4 is 64.6 Å². The molecule has 0 bridgehead atoms. The summed E-state index contributed by atoms with van der Waals surface area (Å²) in [5, 5.41) is 11.9. The lowest BCUT2D eigenvalue weighted by molar-refractivity contribution is 0.963. The molecule has 10 aromatic rings. The molecule has 0 aliphatic heterocycles. The van der Waals surface area contributed by atoms with Gasteiger partial charge in [-0.15, -0.1) is 0 Å². The van der Waals surface area contributed by atoms with Crippen LogP contribution in [0.25, 0.3) is 92.6 Å². The van der Waals surface area contributed by atoms with Crippen LogP contribution in [0.5, 0.6) is 0 Å². The zero-order valence-corrected chi connectivity index (χ0v) is 25.7. The first-order valence-electron chi connectivity index (χ1n) is 15.8. The highest BCUT2D eigenvalue weighted by atomic mass is 16.2. The van der Waals surface area contributed by atoms with E-state index in [1.165, 1.54) is 26.1 Å². The molecule has 0 N–H and O–H groups in total. The first kappa shape index (κ1) is 25.5. The number of hydrogen-bond donors (Lipinski definition) is 0. The molecule has 0 unspecified atom stereocenters. The normalized spacial score (nSPS) is 12.4. The summed E-state index contributed by atoms with van der Waals surface area (Å²) in [6.07, 6.45) is 0. The fourth-order valence-electron chi connectivity index (χ4n) is 8.63. The fraction of sp³-hybridized carbons (Fsp3) is 0.0698. The molecule has 0 spiro atoms. The second-order valence-corrected chi connectivity index (χ2v) is 12.9. The number of rotatable bonds is 3. The van der Waals surface area contributed by atoms with Gasteiger partial charge < -0.3 is 0 Å². The highest BCUT2D eigenvalue weighted by molar-refractivity contribution is 6.50. The van der Waals surface area contributed by atoms with Gasteiger partial charge in [-0.2, -0.15) is 0 Å². The molecule has 3 nitrogen and oxygen atoms in total. The molecule has 0 aliphatic carbocycles. The van der Waals surface area contributed by atoms with Crippen molar-refractivity contribution in [3.8, 4) is 27.9 Å². The van der Waals surface area contributed by atoms with Gasteiger partial charge in [0.05, 0.1) is 16.5 Å². The van der Waals surface area contributed by atoms with E-state index in [1.807, 2.05) is 32.9 Å². The van der Waals surface area contributed by atoms with E-state index in [0.29, 0.717) is 16.5 Å². The van der Waals surface area contributed by atoms with Gasteiger partial charge in [-0.1, -0.05) is 103 Å². The molecule has 0 atom stereocenters. The van der Waals surface area contributed by atoms with Crippen LogP contribution in [0.15, 0.2) is 119 Å². The second kappa shape index (κ2) is 8.68. The summed E-state index contributed by atoms with van der Waals surface area (Å²) in [6, 6.07) is 38.1. The quantitative estimate of drug-likeness (QED) is 0.192. The van der Waals surface area contributed by atoms with Gasteiger partial charge in [0, 0.05) is 0 Å². The molecule has 0 fully saturated rings. The Morgan fingerprint density at radius 2 is 0.870 bits per heavy atom. The van der Waals surface area contributed by atoms with Crippen LogP contribution in [0.4, 0.5) is 0 Å². The molecule has 0 amide bonds. The van der Waals surface area contributed by atoms with Crippen molar-refractivity contribution in [2.24, 2.45) is 0 Å². The van der Waals surface area contributed by atoms with Crippen molar-refractivity contribution in [1.82, 2.24) is 4.57 Å². The minimum atomic E-state index is -0.250. The number of nitrogens with zero attached hydrogens (tertiary/aromatic N) is 1. The standard InChI is InChI=1S/C43H27NO2/c1-22-18-23(2)41(24(3)19-22)44-42(45)39-32-20-30(25-10-6-4-7-11-25)28-16-14-27-15-17-29-31(26-12-8-5-9-13-26)21-33(40(39)43(44)46)38-36(29)34(27)35(28)37(32)38/h4-21H,1-3H3. The van der Waals surface area contributed by atoms with E-state index in [1.54, 1.807) is 0 Å². The maximum absolute atomic E-state index is 14.8.